The van der Waals surface area contributed by atoms with E-state index in [2.05, 4.69) is 5.32 Å². The second-order valence-electron chi connectivity index (χ2n) is 9.10. The van der Waals surface area contributed by atoms with E-state index in [0.717, 1.165) is 25.0 Å². The summed E-state index contributed by atoms with van der Waals surface area (Å²) in [7, 11) is 2.98. The quantitative estimate of drug-likeness (QED) is 0.361. The van der Waals surface area contributed by atoms with Gasteiger partial charge in [-0.05, 0) is 54.7 Å². The van der Waals surface area contributed by atoms with Crippen LogP contribution in [0.2, 0.25) is 0 Å². The van der Waals surface area contributed by atoms with E-state index in [1.54, 1.807) is 48.5 Å². The lowest BCUT2D eigenvalue weighted by Gasteiger charge is -2.28. The normalized spacial score (nSPS) is 13.9. The van der Waals surface area contributed by atoms with Gasteiger partial charge in [0.1, 0.15) is 5.92 Å². The van der Waals surface area contributed by atoms with Crippen LogP contribution in [-0.4, -0.2) is 38.6 Å². The first-order valence-electron chi connectivity index (χ1n) is 12.3. The van der Waals surface area contributed by atoms with Gasteiger partial charge in [0, 0.05) is 24.3 Å². The van der Waals surface area contributed by atoms with Crippen LogP contribution in [0, 0.1) is 0 Å². The Balaban J connectivity index is 1.68. The number of hydrogen-bond donors (Lipinski definition) is 1. The number of amides is 2. The number of hydrogen-bond acceptors (Lipinski definition) is 4. The van der Waals surface area contributed by atoms with Gasteiger partial charge in [0.05, 0.1) is 19.8 Å². The maximum atomic E-state index is 14.1. The second kappa shape index (κ2) is 11.6. The monoisotopic (exact) mass is 526 g/mol. The summed E-state index contributed by atoms with van der Waals surface area (Å²) in [6.07, 6.45) is -2.43. The first-order valence-corrected chi connectivity index (χ1v) is 12.3. The Labute approximate surface area is 219 Å². The molecule has 6 nitrogen and oxygen atoms in total. The molecule has 9 heteroatoms. The van der Waals surface area contributed by atoms with E-state index in [-0.39, 0.29) is 24.9 Å². The van der Waals surface area contributed by atoms with Gasteiger partial charge in [-0.15, -0.1) is 0 Å². The predicted octanol–water partition coefficient (Wildman–Crippen LogP) is 5.36. The van der Waals surface area contributed by atoms with Crippen LogP contribution >= 0.6 is 0 Å². The van der Waals surface area contributed by atoms with E-state index in [1.807, 2.05) is 0 Å². The molecule has 4 rings (SSSR count). The molecule has 1 aliphatic rings. The Bertz CT molecular complexity index is 1260. The first-order chi connectivity index (χ1) is 18.2. The Morgan fingerprint density at radius 1 is 0.947 bits per heavy atom. The minimum absolute atomic E-state index is 0.0585. The fourth-order valence-corrected chi connectivity index (χ4v) is 4.18. The van der Waals surface area contributed by atoms with E-state index >= 15 is 0 Å². The van der Waals surface area contributed by atoms with Gasteiger partial charge in [0.15, 0.2) is 11.5 Å². The molecule has 200 valence electrons. The van der Waals surface area contributed by atoms with Crippen LogP contribution in [-0.2, 0) is 22.2 Å². The number of carbonyl (C=O) groups is 2. The third-order valence-corrected chi connectivity index (χ3v) is 6.42. The maximum absolute atomic E-state index is 14.1. The molecule has 1 atom stereocenters. The highest BCUT2D eigenvalue weighted by Crippen LogP contribution is 2.34. The van der Waals surface area contributed by atoms with Crippen molar-refractivity contribution >= 4 is 17.5 Å². The molecule has 0 spiro atoms. The molecular weight excluding hydrogens is 497 g/mol. The smallest absolute Gasteiger partial charge is 0.416 e. The molecule has 0 aliphatic heterocycles. The van der Waals surface area contributed by atoms with Crippen molar-refractivity contribution in [2.75, 3.05) is 25.7 Å². The van der Waals surface area contributed by atoms with Crippen molar-refractivity contribution in [3.05, 3.63) is 89.5 Å². The summed E-state index contributed by atoms with van der Waals surface area (Å²) < 4.78 is 49.7. The van der Waals surface area contributed by atoms with E-state index in [4.69, 9.17) is 9.47 Å². The van der Waals surface area contributed by atoms with Crippen LogP contribution in [0.25, 0.3) is 0 Å². The standard InChI is InChI=1S/C29H29F3N2O4/c1-37-24-15-14-23(18-25(24)38-2)34(17-16-19-8-10-21(11-9-19)29(30,31)32)28(36)26(20-6-4-3-5-7-20)27(35)33-22-12-13-22/h3-11,14-15,18,22,26H,12-13,16-17H2,1-2H3,(H,33,35). The van der Waals surface area contributed by atoms with Crippen LogP contribution in [0.5, 0.6) is 11.5 Å². The molecule has 0 radical (unpaired) electrons. The molecule has 1 unspecified atom stereocenters. The van der Waals surface area contributed by atoms with Crippen molar-refractivity contribution in [1.82, 2.24) is 5.32 Å². The molecule has 0 bridgehead atoms. The summed E-state index contributed by atoms with van der Waals surface area (Å²) in [5.74, 6) is -1.07. The number of halogens is 3. The lowest BCUT2D eigenvalue weighted by atomic mass is 9.95. The van der Waals surface area contributed by atoms with E-state index in [9.17, 15) is 22.8 Å². The SMILES string of the molecule is COc1ccc(N(CCc2ccc(C(F)(F)F)cc2)C(=O)C(C(=O)NC2CC2)c2ccccc2)cc1OC. The molecule has 1 N–H and O–H groups in total. The van der Waals surface area contributed by atoms with E-state index in [0.29, 0.717) is 28.3 Å². The van der Waals surface area contributed by atoms with Gasteiger partial charge in [-0.2, -0.15) is 13.2 Å². The number of rotatable bonds is 10. The highest BCUT2D eigenvalue weighted by Gasteiger charge is 2.36. The van der Waals surface area contributed by atoms with Gasteiger partial charge in [-0.1, -0.05) is 42.5 Å². The second-order valence-corrected chi connectivity index (χ2v) is 9.10. The Morgan fingerprint density at radius 3 is 2.18 bits per heavy atom. The molecule has 2 amide bonds. The molecule has 0 heterocycles. The topological polar surface area (TPSA) is 67.9 Å². The number of nitrogens with zero attached hydrogens (tertiary/aromatic N) is 1. The Kier molecular flexibility index (Phi) is 8.24. The number of methoxy groups -OCH3 is 2. The molecule has 1 fully saturated rings. The summed E-state index contributed by atoms with van der Waals surface area (Å²) in [6, 6.07) is 18.7. The Hall–Kier alpha value is -4.01. The van der Waals surface area contributed by atoms with Crippen molar-refractivity contribution in [3.8, 4) is 11.5 Å². The molecular formula is C29H29F3N2O4. The summed E-state index contributed by atoms with van der Waals surface area (Å²) in [6.45, 7) is 0.125. The third-order valence-electron chi connectivity index (χ3n) is 6.42. The lowest BCUT2D eigenvalue weighted by molar-refractivity contribution is -0.137. The minimum Gasteiger partial charge on any atom is -0.493 e. The van der Waals surface area contributed by atoms with Crippen LogP contribution in [0.3, 0.4) is 0 Å². The highest BCUT2D eigenvalue weighted by atomic mass is 19.4. The van der Waals surface area contributed by atoms with Gasteiger partial charge in [-0.25, -0.2) is 0 Å². The number of anilines is 1. The number of carbonyl (C=O) groups excluding carboxylic acids is 2. The first kappa shape index (κ1) is 27.0. The van der Waals surface area contributed by atoms with Crippen LogP contribution in [0.4, 0.5) is 18.9 Å². The minimum atomic E-state index is -4.43. The van der Waals surface area contributed by atoms with Crippen molar-refractivity contribution in [2.45, 2.75) is 37.4 Å². The van der Waals surface area contributed by atoms with Crippen molar-refractivity contribution in [1.29, 1.82) is 0 Å². The molecule has 0 aromatic heterocycles. The average molecular weight is 527 g/mol. The highest BCUT2D eigenvalue weighted by molar-refractivity contribution is 6.12. The summed E-state index contributed by atoms with van der Waals surface area (Å²) in [5, 5.41) is 2.94. The zero-order valence-electron chi connectivity index (χ0n) is 21.1. The number of benzene rings is 3. The zero-order chi connectivity index (χ0) is 27.3. The van der Waals surface area contributed by atoms with Gasteiger partial charge >= 0.3 is 6.18 Å². The van der Waals surface area contributed by atoms with Crippen molar-refractivity contribution in [3.63, 3.8) is 0 Å². The molecule has 0 saturated heterocycles. The van der Waals surface area contributed by atoms with Crippen molar-refractivity contribution < 1.29 is 32.2 Å². The summed E-state index contributed by atoms with van der Waals surface area (Å²) >= 11 is 0. The van der Waals surface area contributed by atoms with Crippen LogP contribution in [0.15, 0.2) is 72.8 Å². The number of nitrogens with one attached hydrogen (secondary N) is 1. The van der Waals surface area contributed by atoms with Gasteiger partial charge in [0.2, 0.25) is 11.8 Å². The zero-order valence-corrected chi connectivity index (χ0v) is 21.1. The molecule has 1 aliphatic carbocycles. The number of alkyl halides is 3. The van der Waals surface area contributed by atoms with Crippen LogP contribution in [0.1, 0.15) is 35.4 Å². The van der Waals surface area contributed by atoms with Gasteiger partial charge in [0.25, 0.3) is 0 Å². The van der Waals surface area contributed by atoms with Gasteiger partial charge < -0.3 is 19.7 Å². The lowest BCUT2D eigenvalue weighted by Crippen LogP contribution is -2.44. The summed E-state index contributed by atoms with van der Waals surface area (Å²) in [5.41, 5.74) is 0.903. The maximum Gasteiger partial charge on any atom is 0.416 e. The summed E-state index contributed by atoms with van der Waals surface area (Å²) in [4.78, 5) is 28.9. The largest absolute Gasteiger partial charge is 0.493 e. The average Bonchev–Trinajstić information content (AvgIpc) is 3.73. The molecule has 38 heavy (non-hydrogen) atoms. The molecule has 3 aromatic carbocycles. The molecule has 1 saturated carbocycles. The fourth-order valence-electron chi connectivity index (χ4n) is 4.18. The Morgan fingerprint density at radius 2 is 1.61 bits per heavy atom. The predicted molar refractivity (Wildman–Crippen MR) is 137 cm³/mol. The number of ether oxygens (including phenoxy) is 2. The van der Waals surface area contributed by atoms with Gasteiger partial charge in [-0.3, -0.25) is 9.59 Å². The van der Waals surface area contributed by atoms with Crippen LogP contribution < -0.4 is 19.7 Å². The van der Waals surface area contributed by atoms with E-state index in [1.165, 1.54) is 31.3 Å². The fraction of sp³-hybridized carbons (Fsp3) is 0.310. The van der Waals surface area contributed by atoms with Crippen molar-refractivity contribution in [2.24, 2.45) is 0 Å². The van der Waals surface area contributed by atoms with E-state index < -0.39 is 23.6 Å². The third kappa shape index (κ3) is 6.45. The molecule has 3 aromatic rings.